The van der Waals surface area contributed by atoms with Gasteiger partial charge in [0.1, 0.15) is 5.75 Å². The maximum Gasteiger partial charge on any atom is 0.343 e. The maximum atomic E-state index is 12.8. The van der Waals surface area contributed by atoms with E-state index in [0.717, 1.165) is 5.56 Å². The van der Waals surface area contributed by atoms with Gasteiger partial charge in [0.25, 0.3) is 11.8 Å². The van der Waals surface area contributed by atoms with E-state index in [-0.39, 0.29) is 11.5 Å². The molecule has 0 atom stereocenters. The van der Waals surface area contributed by atoms with Crippen molar-refractivity contribution in [3.8, 4) is 5.75 Å². The number of esters is 1. The summed E-state index contributed by atoms with van der Waals surface area (Å²) < 4.78 is 5.53. The molecule has 0 unspecified atom stereocenters. The summed E-state index contributed by atoms with van der Waals surface area (Å²) in [5, 5.41) is 6.78. The molecule has 0 aromatic heterocycles. The number of anilines is 1. The summed E-state index contributed by atoms with van der Waals surface area (Å²) >= 11 is 0. The van der Waals surface area contributed by atoms with E-state index in [9.17, 15) is 14.4 Å². The van der Waals surface area contributed by atoms with Crippen LogP contribution in [-0.4, -0.2) is 24.0 Å². The first-order valence-electron chi connectivity index (χ1n) is 11.2. The van der Waals surface area contributed by atoms with Crippen LogP contribution in [0.2, 0.25) is 0 Å². The first-order chi connectivity index (χ1) is 17.5. The molecule has 36 heavy (non-hydrogen) atoms. The predicted molar refractivity (Wildman–Crippen MR) is 138 cm³/mol. The van der Waals surface area contributed by atoms with Gasteiger partial charge in [-0.15, -0.1) is 0 Å². The van der Waals surface area contributed by atoms with Gasteiger partial charge >= 0.3 is 5.97 Å². The lowest BCUT2D eigenvalue weighted by atomic mass is 10.1. The van der Waals surface area contributed by atoms with Crippen LogP contribution in [0.15, 0.2) is 108 Å². The van der Waals surface area contributed by atoms with E-state index in [1.54, 1.807) is 84.9 Å². The predicted octanol–water partition coefficient (Wildman–Crippen LogP) is 5.23. The van der Waals surface area contributed by atoms with Crippen molar-refractivity contribution in [3.05, 3.63) is 131 Å². The van der Waals surface area contributed by atoms with Crippen molar-refractivity contribution in [2.75, 3.05) is 5.32 Å². The van der Waals surface area contributed by atoms with Crippen LogP contribution in [0.25, 0.3) is 0 Å². The van der Waals surface area contributed by atoms with Gasteiger partial charge in [-0.25, -0.2) is 10.2 Å². The van der Waals surface area contributed by atoms with Crippen molar-refractivity contribution in [1.82, 2.24) is 5.43 Å². The molecule has 4 aromatic rings. The highest BCUT2D eigenvalue weighted by Gasteiger charge is 2.14. The number of rotatable bonds is 7. The number of benzene rings is 4. The van der Waals surface area contributed by atoms with Gasteiger partial charge < -0.3 is 10.1 Å². The lowest BCUT2D eigenvalue weighted by molar-refractivity contribution is 0.0734. The summed E-state index contributed by atoms with van der Waals surface area (Å²) in [7, 11) is 0. The third-order valence-electron chi connectivity index (χ3n) is 5.23. The Kier molecular flexibility index (Phi) is 7.63. The number of hydrogen-bond donors (Lipinski definition) is 2. The Bertz CT molecular complexity index is 1410. The Labute approximate surface area is 208 Å². The molecule has 0 aliphatic carbocycles. The van der Waals surface area contributed by atoms with Crippen LogP contribution < -0.4 is 15.5 Å². The third-order valence-corrected chi connectivity index (χ3v) is 5.23. The average Bonchev–Trinajstić information content (AvgIpc) is 2.90. The fourth-order valence-corrected chi connectivity index (χ4v) is 3.32. The Balaban J connectivity index is 1.44. The molecule has 0 bridgehead atoms. The van der Waals surface area contributed by atoms with Crippen LogP contribution in [0.5, 0.6) is 5.75 Å². The third kappa shape index (κ3) is 6.09. The topological polar surface area (TPSA) is 96.9 Å². The van der Waals surface area contributed by atoms with E-state index in [1.807, 2.05) is 25.1 Å². The van der Waals surface area contributed by atoms with E-state index in [1.165, 1.54) is 6.21 Å². The molecule has 0 radical (unpaired) electrons. The Morgan fingerprint density at radius 1 is 0.722 bits per heavy atom. The molecule has 2 amide bonds. The van der Waals surface area contributed by atoms with E-state index in [4.69, 9.17) is 4.74 Å². The minimum absolute atomic E-state index is 0.248. The molecule has 4 rings (SSSR count). The highest BCUT2D eigenvalue weighted by Crippen LogP contribution is 2.19. The number of ether oxygens (including phenoxy) is 1. The average molecular weight is 478 g/mol. The maximum absolute atomic E-state index is 12.8. The molecule has 0 aliphatic heterocycles. The molecule has 0 fully saturated rings. The van der Waals surface area contributed by atoms with Gasteiger partial charge in [-0.2, -0.15) is 5.10 Å². The molecule has 0 aliphatic rings. The van der Waals surface area contributed by atoms with Gasteiger partial charge in [-0.05, 0) is 55.5 Å². The number of hydrogen-bond acceptors (Lipinski definition) is 5. The van der Waals surface area contributed by atoms with Crippen molar-refractivity contribution in [2.24, 2.45) is 5.10 Å². The standard InChI is InChI=1S/C29H23N3O4/c1-20-15-17-22(18-16-20)29(35)36-26-14-8-5-11-23(26)19-30-32-28(34)24-12-6-7-13-25(24)31-27(33)21-9-3-2-4-10-21/h2-19H,1H3,(H,31,33)(H,32,34)/b30-19-. The van der Waals surface area contributed by atoms with Gasteiger partial charge in [-0.1, -0.05) is 60.2 Å². The molecule has 0 saturated heterocycles. The van der Waals surface area contributed by atoms with Crippen LogP contribution in [-0.2, 0) is 0 Å². The van der Waals surface area contributed by atoms with E-state index >= 15 is 0 Å². The van der Waals surface area contributed by atoms with Gasteiger partial charge in [0.05, 0.1) is 23.0 Å². The first-order valence-corrected chi connectivity index (χ1v) is 11.2. The molecular weight excluding hydrogens is 454 g/mol. The summed E-state index contributed by atoms with van der Waals surface area (Å²) in [6.07, 6.45) is 1.39. The molecule has 4 aromatic carbocycles. The molecule has 0 spiro atoms. The van der Waals surface area contributed by atoms with E-state index in [0.29, 0.717) is 28.1 Å². The summed E-state index contributed by atoms with van der Waals surface area (Å²) in [5.74, 6) is -1.03. The number of nitrogens with zero attached hydrogens (tertiary/aromatic N) is 1. The van der Waals surface area contributed by atoms with Gasteiger partial charge in [0, 0.05) is 11.1 Å². The van der Waals surface area contributed by atoms with Gasteiger partial charge in [0.15, 0.2) is 0 Å². The fourth-order valence-electron chi connectivity index (χ4n) is 3.32. The van der Waals surface area contributed by atoms with Crippen LogP contribution in [0.1, 0.15) is 42.2 Å². The summed E-state index contributed by atoms with van der Waals surface area (Å²) in [6.45, 7) is 1.94. The number of nitrogens with one attached hydrogen (secondary N) is 2. The minimum atomic E-state index is -0.510. The highest BCUT2D eigenvalue weighted by molar-refractivity contribution is 6.09. The molecule has 0 saturated carbocycles. The molecule has 2 N–H and O–H groups in total. The van der Waals surface area contributed by atoms with Crippen molar-refractivity contribution in [1.29, 1.82) is 0 Å². The van der Waals surface area contributed by atoms with Crippen LogP contribution in [0.4, 0.5) is 5.69 Å². The van der Waals surface area contributed by atoms with Gasteiger partial charge in [0.2, 0.25) is 0 Å². The van der Waals surface area contributed by atoms with Crippen molar-refractivity contribution >= 4 is 29.7 Å². The first kappa shape index (κ1) is 24.1. The van der Waals surface area contributed by atoms with Crippen LogP contribution >= 0.6 is 0 Å². The number of aryl methyl sites for hydroxylation is 1. The second-order valence-corrected chi connectivity index (χ2v) is 7.86. The number of amides is 2. The smallest absolute Gasteiger partial charge is 0.343 e. The quantitative estimate of drug-likeness (QED) is 0.165. The van der Waals surface area contributed by atoms with Crippen molar-refractivity contribution < 1.29 is 19.1 Å². The Hall–Kier alpha value is -5.04. The number of para-hydroxylation sites is 2. The zero-order chi connectivity index (χ0) is 25.3. The van der Waals surface area contributed by atoms with Crippen molar-refractivity contribution in [3.63, 3.8) is 0 Å². The number of hydrazone groups is 1. The molecule has 0 heterocycles. The summed E-state index contributed by atoms with van der Waals surface area (Å²) in [4.78, 5) is 37.8. The zero-order valence-electron chi connectivity index (χ0n) is 19.5. The monoisotopic (exact) mass is 477 g/mol. The number of carbonyl (C=O) groups excluding carboxylic acids is 3. The molecule has 7 nitrogen and oxygen atoms in total. The lowest BCUT2D eigenvalue weighted by Crippen LogP contribution is -2.21. The van der Waals surface area contributed by atoms with Crippen LogP contribution in [0, 0.1) is 6.92 Å². The summed E-state index contributed by atoms with van der Waals surface area (Å²) in [5.41, 5.74) is 5.50. The van der Waals surface area contributed by atoms with Gasteiger partial charge in [-0.3, -0.25) is 9.59 Å². The molecule has 178 valence electrons. The lowest BCUT2D eigenvalue weighted by Gasteiger charge is -2.10. The van der Waals surface area contributed by atoms with Crippen LogP contribution in [0.3, 0.4) is 0 Å². The second-order valence-electron chi connectivity index (χ2n) is 7.86. The highest BCUT2D eigenvalue weighted by atomic mass is 16.5. The normalized spacial score (nSPS) is 10.6. The minimum Gasteiger partial charge on any atom is -0.422 e. The zero-order valence-corrected chi connectivity index (χ0v) is 19.5. The molecular formula is C29H23N3O4. The van der Waals surface area contributed by atoms with E-state index in [2.05, 4.69) is 15.8 Å². The largest absolute Gasteiger partial charge is 0.422 e. The number of carbonyl (C=O) groups is 3. The SMILES string of the molecule is Cc1ccc(C(=O)Oc2ccccc2/C=N\NC(=O)c2ccccc2NC(=O)c2ccccc2)cc1. The Morgan fingerprint density at radius 2 is 1.39 bits per heavy atom. The van der Waals surface area contributed by atoms with Crippen molar-refractivity contribution in [2.45, 2.75) is 6.92 Å². The fraction of sp³-hybridized carbons (Fsp3) is 0.0345. The van der Waals surface area contributed by atoms with E-state index < -0.39 is 11.9 Å². The molecule has 7 heteroatoms. The second kappa shape index (κ2) is 11.4. The Morgan fingerprint density at radius 3 is 2.17 bits per heavy atom. The summed E-state index contributed by atoms with van der Waals surface area (Å²) in [6, 6.07) is 29.3.